The number of benzene rings is 2. The Morgan fingerprint density at radius 1 is 1.27 bits per heavy atom. The Hall–Kier alpha value is -2.42. The molecule has 1 fully saturated rings. The van der Waals surface area contributed by atoms with E-state index in [1.807, 2.05) is 43.4 Å². The summed E-state index contributed by atoms with van der Waals surface area (Å²) in [5.41, 5.74) is 3.12. The zero-order valence-corrected chi connectivity index (χ0v) is 17.8. The Balaban J connectivity index is 1.50. The molecule has 2 heterocycles. The number of likely N-dealkylation sites (tertiary alicyclic amines) is 1. The Bertz CT molecular complexity index is 1030. The molecule has 0 aromatic heterocycles. The summed E-state index contributed by atoms with van der Waals surface area (Å²) in [4.78, 5) is 17.1. The van der Waals surface area contributed by atoms with E-state index in [2.05, 4.69) is 9.62 Å². The van der Waals surface area contributed by atoms with E-state index in [-0.39, 0.29) is 30.2 Å². The van der Waals surface area contributed by atoms with Gasteiger partial charge in [0.05, 0.1) is 30.0 Å². The summed E-state index contributed by atoms with van der Waals surface area (Å²) in [6.07, 6.45) is 0.638. The third-order valence-electron chi connectivity index (χ3n) is 5.86. The van der Waals surface area contributed by atoms with Gasteiger partial charge in [-0.15, -0.1) is 0 Å². The molecule has 7 nitrogen and oxygen atoms in total. The van der Waals surface area contributed by atoms with Crippen LogP contribution in [0.25, 0.3) is 0 Å². The molecule has 2 aromatic rings. The largest absolute Gasteiger partial charge is 0.392 e. The van der Waals surface area contributed by atoms with Gasteiger partial charge in [-0.2, -0.15) is 0 Å². The number of likely N-dealkylation sites (N-methyl/N-ethyl adjacent to an activating group) is 1. The molecule has 1 amide bonds. The van der Waals surface area contributed by atoms with Gasteiger partial charge in [0.2, 0.25) is 15.9 Å². The fourth-order valence-corrected chi connectivity index (χ4v) is 5.44. The molecule has 2 aliphatic rings. The molecule has 2 aromatic carbocycles. The van der Waals surface area contributed by atoms with Gasteiger partial charge in [0.15, 0.2) is 0 Å². The molecule has 4 rings (SSSR count). The highest BCUT2D eigenvalue weighted by Crippen LogP contribution is 2.29. The van der Waals surface area contributed by atoms with Crippen LogP contribution < -0.4 is 4.72 Å². The molecular formula is C22H27N3O4S. The highest BCUT2D eigenvalue weighted by molar-refractivity contribution is 7.92. The summed E-state index contributed by atoms with van der Waals surface area (Å²) in [6, 6.07) is 15.1. The number of sulfonamides is 1. The molecule has 0 aliphatic carbocycles. The van der Waals surface area contributed by atoms with Gasteiger partial charge in [0.25, 0.3) is 0 Å². The second kappa shape index (κ2) is 8.37. The number of nitrogens with zero attached hydrogens (tertiary/aromatic N) is 2. The SMILES string of the molecule is CN(C(=O)Cc1ccc2c(c1)NS(=O)(=O)C2)C(CN1CC[C@H](O)C1)c1ccccc1. The summed E-state index contributed by atoms with van der Waals surface area (Å²) >= 11 is 0. The van der Waals surface area contributed by atoms with Gasteiger partial charge in [-0.25, -0.2) is 8.42 Å². The average Bonchev–Trinajstić information content (AvgIpc) is 3.26. The lowest BCUT2D eigenvalue weighted by atomic mass is 10.0. The standard InChI is InChI=1S/C22H27N3O4S/c1-24(21(17-5-3-2-4-6-17)14-25-10-9-19(26)13-25)22(27)12-16-7-8-18-15-30(28,29)23-20(18)11-16/h2-8,11,19,21,23,26H,9-10,12-15H2,1H3/t19-,21?/m0/s1. The number of rotatable bonds is 6. The predicted molar refractivity (Wildman–Crippen MR) is 115 cm³/mol. The molecule has 0 saturated carbocycles. The van der Waals surface area contributed by atoms with Crippen LogP contribution in [0.1, 0.15) is 29.2 Å². The summed E-state index contributed by atoms with van der Waals surface area (Å²) < 4.78 is 26.0. The minimum absolute atomic E-state index is 0.0196. The number of β-amino-alcohol motifs (C(OH)–C–C–N with tert-alkyl or cyclic N) is 1. The molecule has 2 atom stereocenters. The second-order valence-electron chi connectivity index (χ2n) is 8.16. The van der Waals surface area contributed by atoms with Crippen molar-refractivity contribution in [2.24, 2.45) is 0 Å². The van der Waals surface area contributed by atoms with Gasteiger partial charge in [-0.1, -0.05) is 42.5 Å². The number of carbonyl (C=O) groups is 1. The highest BCUT2D eigenvalue weighted by atomic mass is 32.2. The molecule has 0 bridgehead atoms. The van der Waals surface area contributed by atoms with Crippen LogP contribution in [-0.2, 0) is 27.0 Å². The number of anilines is 1. The van der Waals surface area contributed by atoms with Crippen molar-refractivity contribution in [1.29, 1.82) is 0 Å². The summed E-state index contributed by atoms with van der Waals surface area (Å²) in [7, 11) is -1.50. The summed E-state index contributed by atoms with van der Waals surface area (Å²) in [6.45, 7) is 2.10. The Morgan fingerprint density at radius 3 is 2.73 bits per heavy atom. The lowest BCUT2D eigenvalue weighted by Gasteiger charge is -2.32. The Morgan fingerprint density at radius 2 is 2.03 bits per heavy atom. The molecular weight excluding hydrogens is 402 g/mol. The van der Waals surface area contributed by atoms with Crippen molar-refractivity contribution in [2.45, 2.75) is 30.7 Å². The molecule has 30 heavy (non-hydrogen) atoms. The minimum atomic E-state index is -3.31. The fraction of sp³-hybridized carbons (Fsp3) is 0.409. The molecule has 2 N–H and O–H groups in total. The molecule has 0 spiro atoms. The maximum absolute atomic E-state index is 13.1. The molecule has 1 unspecified atom stereocenters. The Kier molecular flexibility index (Phi) is 5.81. The molecule has 1 saturated heterocycles. The van der Waals surface area contributed by atoms with Crippen LogP contribution in [0.15, 0.2) is 48.5 Å². The monoisotopic (exact) mass is 429 g/mol. The van der Waals surface area contributed by atoms with Gasteiger partial charge in [0.1, 0.15) is 0 Å². The molecule has 160 valence electrons. The normalized spacial score (nSPS) is 21.1. The number of carbonyl (C=O) groups excluding carboxylic acids is 1. The topological polar surface area (TPSA) is 90.0 Å². The smallest absolute Gasteiger partial charge is 0.237 e. The fourth-order valence-electron chi connectivity index (χ4n) is 4.19. The number of aliphatic hydroxyl groups is 1. The van der Waals surface area contributed by atoms with Crippen LogP contribution >= 0.6 is 0 Å². The van der Waals surface area contributed by atoms with Crippen molar-refractivity contribution in [3.05, 3.63) is 65.2 Å². The number of fused-ring (bicyclic) bond motifs is 1. The minimum Gasteiger partial charge on any atom is -0.392 e. The number of hydrogen-bond donors (Lipinski definition) is 2. The first-order chi connectivity index (χ1) is 14.3. The van der Waals surface area contributed by atoms with E-state index in [1.165, 1.54) is 0 Å². The van der Waals surface area contributed by atoms with Crippen molar-refractivity contribution in [1.82, 2.24) is 9.80 Å². The van der Waals surface area contributed by atoms with E-state index in [0.29, 0.717) is 18.8 Å². The van der Waals surface area contributed by atoms with Crippen molar-refractivity contribution >= 4 is 21.6 Å². The van der Waals surface area contributed by atoms with Crippen molar-refractivity contribution < 1.29 is 18.3 Å². The van der Waals surface area contributed by atoms with Crippen LogP contribution in [0.3, 0.4) is 0 Å². The molecule has 8 heteroatoms. The molecule has 0 radical (unpaired) electrons. The van der Waals surface area contributed by atoms with Crippen molar-refractivity contribution in [2.75, 3.05) is 31.4 Å². The van der Waals surface area contributed by atoms with Gasteiger partial charge in [-0.05, 0) is 29.2 Å². The van der Waals surface area contributed by atoms with E-state index < -0.39 is 10.0 Å². The maximum Gasteiger partial charge on any atom is 0.237 e. The summed E-state index contributed by atoms with van der Waals surface area (Å²) in [5.74, 6) is -0.0572. The number of nitrogens with one attached hydrogen (secondary N) is 1. The van der Waals surface area contributed by atoms with E-state index in [9.17, 15) is 18.3 Å². The zero-order chi connectivity index (χ0) is 21.3. The predicted octanol–water partition coefficient (Wildman–Crippen LogP) is 1.75. The number of aliphatic hydroxyl groups excluding tert-OH is 1. The first-order valence-electron chi connectivity index (χ1n) is 10.1. The maximum atomic E-state index is 13.1. The summed E-state index contributed by atoms with van der Waals surface area (Å²) in [5, 5.41) is 9.87. The van der Waals surface area contributed by atoms with Crippen LogP contribution in [-0.4, -0.2) is 62.0 Å². The highest BCUT2D eigenvalue weighted by Gasteiger charge is 2.29. The van der Waals surface area contributed by atoms with Crippen molar-refractivity contribution in [3.8, 4) is 0 Å². The zero-order valence-electron chi connectivity index (χ0n) is 17.0. The van der Waals surface area contributed by atoms with E-state index in [0.717, 1.165) is 29.7 Å². The lowest BCUT2D eigenvalue weighted by molar-refractivity contribution is -0.131. The van der Waals surface area contributed by atoms with Crippen LogP contribution in [0.2, 0.25) is 0 Å². The van der Waals surface area contributed by atoms with Gasteiger partial charge in [-0.3, -0.25) is 14.4 Å². The number of amides is 1. The van der Waals surface area contributed by atoms with Crippen molar-refractivity contribution in [3.63, 3.8) is 0 Å². The average molecular weight is 430 g/mol. The first kappa shape index (κ1) is 20.8. The van der Waals surface area contributed by atoms with Crippen LogP contribution in [0.5, 0.6) is 0 Å². The quantitative estimate of drug-likeness (QED) is 0.730. The van der Waals surface area contributed by atoms with E-state index in [1.54, 1.807) is 17.0 Å². The second-order valence-corrected chi connectivity index (χ2v) is 9.88. The van der Waals surface area contributed by atoms with Crippen LogP contribution in [0, 0.1) is 0 Å². The Labute approximate surface area is 177 Å². The van der Waals surface area contributed by atoms with Crippen LogP contribution in [0.4, 0.5) is 5.69 Å². The first-order valence-corrected chi connectivity index (χ1v) is 11.8. The lowest BCUT2D eigenvalue weighted by Crippen LogP contribution is -2.39. The molecule has 2 aliphatic heterocycles. The van der Waals surface area contributed by atoms with Gasteiger partial charge >= 0.3 is 0 Å². The third kappa shape index (κ3) is 4.66. The third-order valence-corrected chi connectivity index (χ3v) is 7.09. The van der Waals surface area contributed by atoms with Gasteiger partial charge < -0.3 is 10.0 Å². The number of hydrogen-bond acceptors (Lipinski definition) is 5. The van der Waals surface area contributed by atoms with E-state index in [4.69, 9.17) is 0 Å². The van der Waals surface area contributed by atoms with Gasteiger partial charge in [0, 0.05) is 26.7 Å². The van der Waals surface area contributed by atoms with E-state index >= 15 is 0 Å².